The molecule has 2 saturated heterocycles. The number of aldehydes is 1. The Morgan fingerprint density at radius 2 is 1.67 bits per heavy atom. The lowest BCUT2D eigenvalue weighted by molar-refractivity contribution is -0.139. The third kappa shape index (κ3) is 7.34. The molecule has 3 fully saturated rings. The van der Waals surface area contributed by atoms with Gasteiger partial charge in [0.1, 0.15) is 17.9 Å². The molecule has 2 heterocycles. The van der Waals surface area contributed by atoms with Crippen molar-refractivity contribution < 1.29 is 18.4 Å². The lowest BCUT2D eigenvalue weighted by Crippen LogP contribution is -2.50. The van der Waals surface area contributed by atoms with Crippen LogP contribution in [-0.4, -0.2) is 78.7 Å². The summed E-state index contributed by atoms with van der Waals surface area (Å²) in [4.78, 5) is 30.5. The van der Waals surface area contributed by atoms with Crippen molar-refractivity contribution in [3.8, 4) is 0 Å². The first-order valence-electron chi connectivity index (χ1n) is 13.6. The van der Waals surface area contributed by atoms with E-state index in [1.54, 1.807) is 6.07 Å². The van der Waals surface area contributed by atoms with Crippen molar-refractivity contribution in [1.82, 2.24) is 14.7 Å². The molecular weight excluding hydrogens is 460 g/mol. The van der Waals surface area contributed by atoms with Gasteiger partial charge in [-0.15, -0.1) is 0 Å². The Kier molecular flexibility index (Phi) is 10.0. The van der Waals surface area contributed by atoms with Gasteiger partial charge < -0.3 is 14.6 Å². The molecule has 202 valence electrons. The van der Waals surface area contributed by atoms with Gasteiger partial charge >= 0.3 is 0 Å². The molecule has 4 rings (SSSR count). The van der Waals surface area contributed by atoms with Crippen LogP contribution < -0.4 is 0 Å². The average molecular weight is 506 g/mol. The molecule has 5 nitrogen and oxygen atoms in total. The lowest BCUT2D eigenvalue weighted by atomic mass is 9.81. The summed E-state index contributed by atoms with van der Waals surface area (Å²) < 4.78 is 26.5. The highest BCUT2D eigenvalue weighted by Gasteiger charge is 2.36. The van der Waals surface area contributed by atoms with Gasteiger partial charge in [-0.05, 0) is 71.2 Å². The second-order valence-electron chi connectivity index (χ2n) is 11.9. The zero-order valence-electron chi connectivity index (χ0n) is 22.8. The number of halogens is 2. The Hall–Kier alpha value is -1.86. The van der Waals surface area contributed by atoms with Crippen LogP contribution in [0.15, 0.2) is 18.2 Å². The Balaban J connectivity index is 0.000000202. The van der Waals surface area contributed by atoms with Crippen LogP contribution >= 0.6 is 0 Å². The molecule has 0 N–H and O–H groups in total. The number of likely N-dealkylation sites (N-methyl/N-ethyl adjacent to an activating group) is 1. The summed E-state index contributed by atoms with van der Waals surface area (Å²) in [5.74, 6) is -0.107. The number of likely N-dealkylation sites (tertiary alicyclic amines) is 1. The van der Waals surface area contributed by atoms with Gasteiger partial charge in [-0.1, -0.05) is 25.8 Å². The highest BCUT2D eigenvalue weighted by Crippen LogP contribution is 2.34. The smallest absolute Gasteiger partial charge is 0.226 e. The van der Waals surface area contributed by atoms with E-state index in [0.29, 0.717) is 5.56 Å². The molecule has 1 aromatic carbocycles. The highest BCUT2D eigenvalue weighted by atomic mass is 19.1. The SMILES string of the molecule is CC(C)(C)N1CC[C@H](c2ccc(F)cc2F)C1.CC1C(C=O)CCCCC1C(=O)N1CCN(C)CC1. The molecule has 0 radical (unpaired) electrons. The number of hydrogen-bond donors (Lipinski definition) is 0. The number of piperazine rings is 1. The van der Waals surface area contributed by atoms with Crippen LogP contribution in [0.2, 0.25) is 0 Å². The quantitative estimate of drug-likeness (QED) is 0.431. The summed E-state index contributed by atoms with van der Waals surface area (Å²) in [5, 5.41) is 0. The number of hydrogen-bond acceptors (Lipinski definition) is 4. The van der Waals surface area contributed by atoms with E-state index in [0.717, 1.165) is 83.7 Å². The molecule has 0 bridgehead atoms. The molecule has 7 heteroatoms. The number of carbonyl (C=O) groups excluding carboxylic acids is 2. The zero-order chi connectivity index (χ0) is 26.5. The number of rotatable bonds is 3. The van der Waals surface area contributed by atoms with E-state index >= 15 is 0 Å². The summed E-state index contributed by atoms with van der Waals surface area (Å²) in [7, 11) is 2.10. The maximum absolute atomic E-state index is 13.7. The first-order chi connectivity index (χ1) is 17.0. The summed E-state index contributed by atoms with van der Waals surface area (Å²) in [6.45, 7) is 14.0. The van der Waals surface area contributed by atoms with Crippen LogP contribution in [-0.2, 0) is 9.59 Å². The van der Waals surface area contributed by atoms with Crippen LogP contribution in [0.1, 0.15) is 71.3 Å². The van der Waals surface area contributed by atoms with Crippen molar-refractivity contribution in [3.05, 3.63) is 35.4 Å². The maximum atomic E-state index is 13.7. The Morgan fingerprint density at radius 3 is 2.25 bits per heavy atom. The number of carbonyl (C=O) groups is 2. The summed E-state index contributed by atoms with van der Waals surface area (Å²) in [6.07, 6.45) is 6.09. The number of nitrogens with zero attached hydrogens (tertiary/aromatic N) is 3. The molecule has 36 heavy (non-hydrogen) atoms. The molecule has 3 aliphatic rings. The fourth-order valence-corrected chi connectivity index (χ4v) is 5.83. The van der Waals surface area contributed by atoms with Crippen LogP contribution in [0.3, 0.4) is 0 Å². The molecule has 0 spiro atoms. The van der Waals surface area contributed by atoms with Gasteiger partial charge in [-0.3, -0.25) is 9.69 Å². The van der Waals surface area contributed by atoms with Crippen LogP contribution in [0.5, 0.6) is 0 Å². The topological polar surface area (TPSA) is 43.9 Å². The van der Waals surface area contributed by atoms with Gasteiger partial charge in [-0.25, -0.2) is 8.78 Å². The monoisotopic (exact) mass is 505 g/mol. The first-order valence-corrected chi connectivity index (χ1v) is 13.6. The predicted molar refractivity (Wildman–Crippen MR) is 140 cm³/mol. The third-order valence-corrected chi connectivity index (χ3v) is 8.46. The van der Waals surface area contributed by atoms with Crippen LogP contribution in [0, 0.1) is 29.4 Å². The van der Waals surface area contributed by atoms with Gasteiger partial charge in [0.15, 0.2) is 0 Å². The summed E-state index contributed by atoms with van der Waals surface area (Å²) >= 11 is 0. The minimum absolute atomic E-state index is 0.0566. The van der Waals surface area contributed by atoms with Gasteiger partial charge in [0.05, 0.1) is 0 Å². The maximum Gasteiger partial charge on any atom is 0.226 e. The van der Waals surface area contributed by atoms with Gasteiger partial charge in [0.25, 0.3) is 0 Å². The Morgan fingerprint density at radius 1 is 1.00 bits per heavy atom. The largest absolute Gasteiger partial charge is 0.340 e. The molecule has 0 aromatic heterocycles. The second kappa shape index (κ2) is 12.6. The predicted octanol–water partition coefficient (Wildman–Crippen LogP) is 4.95. The van der Waals surface area contributed by atoms with Crippen molar-refractivity contribution in [2.24, 2.45) is 17.8 Å². The Labute approximate surface area is 216 Å². The third-order valence-electron chi connectivity index (χ3n) is 8.46. The fourth-order valence-electron chi connectivity index (χ4n) is 5.83. The van der Waals surface area contributed by atoms with Crippen molar-refractivity contribution in [1.29, 1.82) is 0 Å². The van der Waals surface area contributed by atoms with Crippen LogP contribution in [0.4, 0.5) is 8.78 Å². The van der Waals surface area contributed by atoms with E-state index in [9.17, 15) is 18.4 Å². The van der Waals surface area contributed by atoms with Crippen molar-refractivity contribution >= 4 is 12.2 Å². The fraction of sp³-hybridized carbons (Fsp3) is 0.724. The van der Waals surface area contributed by atoms with E-state index in [4.69, 9.17) is 0 Å². The summed E-state index contributed by atoms with van der Waals surface area (Å²) in [5.41, 5.74) is 0.767. The zero-order valence-corrected chi connectivity index (χ0v) is 22.8. The van der Waals surface area contributed by atoms with E-state index in [2.05, 4.69) is 44.5 Å². The second-order valence-corrected chi connectivity index (χ2v) is 11.9. The molecule has 4 atom stereocenters. The molecule has 1 saturated carbocycles. The number of amides is 1. The van der Waals surface area contributed by atoms with E-state index in [-0.39, 0.29) is 35.1 Å². The van der Waals surface area contributed by atoms with Crippen molar-refractivity contribution in [2.45, 2.75) is 71.3 Å². The minimum atomic E-state index is -0.503. The molecular formula is C29H45F2N3O2. The highest BCUT2D eigenvalue weighted by molar-refractivity contribution is 5.79. The van der Waals surface area contributed by atoms with E-state index < -0.39 is 11.6 Å². The normalized spacial score (nSPS) is 28.2. The van der Waals surface area contributed by atoms with Crippen molar-refractivity contribution in [3.63, 3.8) is 0 Å². The molecule has 1 aliphatic carbocycles. The number of benzene rings is 1. The van der Waals surface area contributed by atoms with Crippen LogP contribution in [0.25, 0.3) is 0 Å². The van der Waals surface area contributed by atoms with Gasteiger partial charge in [0.2, 0.25) is 5.91 Å². The minimum Gasteiger partial charge on any atom is -0.340 e. The van der Waals surface area contributed by atoms with Gasteiger partial charge in [-0.2, -0.15) is 0 Å². The lowest BCUT2D eigenvalue weighted by Gasteiger charge is -2.36. The molecule has 1 aromatic rings. The molecule has 1 amide bonds. The van der Waals surface area contributed by atoms with Gasteiger partial charge in [0, 0.05) is 62.1 Å². The first kappa shape index (κ1) is 28.7. The van der Waals surface area contributed by atoms with E-state index in [1.165, 1.54) is 6.07 Å². The Bertz CT molecular complexity index is 880. The van der Waals surface area contributed by atoms with E-state index in [1.807, 2.05) is 4.90 Å². The molecule has 3 unspecified atom stereocenters. The van der Waals surface area contributed by atoms with Crippen molar-refractivity contribution in [2.75, 3.05) is 46.3 Å². The molecule has 2 aliphatic heterocycles. The standard InChI is InChI=1S/C15H26N2O2.C14H19F2N/c1-12-13(11-18)5-3-4-6-14(12)15(19)17-9-7-16(2)8-10-17;1-14(2,3)17-7-6-10(9-17)12-5-4-11(15)8-13(12)16/h11-14H,3-10H2,1-2H3;4-5,8,10H,6-7,9H2,1-3H3/t;10-/m.0/s1. The summed E-state index contributed by atoms with van der Waals surface area (Å²) in [6, 6.07) is 3.91. The average Bonchev–Trinajstić information content (AvgIpc) is 3.25.